The van der Waals surface area contributed by atoms with Gasteiger partial charge in [-0.1, -0.05) is 34.4 Å². The molecule has 2 bridgehead atoms. The van der Waals surface area contributed by atoms with Crippen LogP contribution in [0.5, 0.6) is 0 Å². The molecule has 0 N–H and O–H groups in total. The summed E-state index contributed by atoms with van der Waals surface area (Å²) in [4.78, 5) is 12.8. The fourth-order valence-corrected chi connectivity index (χ4v) is 5.78. The maximum Gasteiger partial charge on any atom is 0.471 e. The monoisotopic (exact) mass is 488 g/mol. The van der Waals surface area contributed by atoms with Gasteiger partial charge in [-0.25, -0.2) is 0 Å². The standard InChI is InChI=1S/C22H21Cl2F3N2O3/c1-10-13-7-12(29(10)21(30)22(25,26)27)8-17(13)31-9-14-19(28-32-20(14)11-5-6-11)18-15(23)3-2-4-16(18)24/h2-4,10-13,17H,5-9H2,1H3/t10-,12+,13+,17-/m1/s1. The number of nitrogens with zero attached hydrogens (tertiary/aromatic N) is 2. The predicted molar refractivity (Wildman–Crippen MR) is 111 cm³/mol. The Kier molecular flexibility index (Phi) is 5.46. The van der Waals surface area contributed by atoms with Crippen LogP contribution in [0.25, 0.3) is 11.3 Å². The molecule has 0 spiro atoms. The molecule has 2 saturated carbocycles. The van der Waals surface area contributed by atoms with E-state index in [4.69, 9.17) is 32.5 Å². The number of amides is 1. The van der Waals surface area contributed by atoms with Crippen molar-refractivity contribution in [3.05, 3.63) is 39.6 Å². The molecule has 5 nitrogen and oxygen atoms in total. The van der Waals surface area contributed by atoms with E-state index >= 15 is 0 Å². The maximum atomic E-state index is 13.0. The zero-order valence-electron chi connectivity index (χ0n) is 17.2. The summed E-state index contributed by atoms with van der Waals surface area (Å²) in [7, 11) is 0. The number of rotatable bonds is 5. The van der Waals surface area contributed by atoms with Gasteiger partial charge in [-0.2, -0.15) is 13.2 Å². The first-order valence-corrected chi connectivity index (χ1v) is 11.4. The van der Waals surface area contributed by atoms with E-state index in [1.54, 1.807) is 25.1 Å². The van der Waals surface area contributed by atoms with Gasteiger partial charge in [-0.15, -0.1) is 0 Å². The van der Waals surface area contributed by atoms with Crippen molar-refractivity contribution in [3.63, 3.8) is 0 Å². The molecule has 0 unspecified atom stereocenters. The lowest BCUT2D eigenvalue weighted by Crippen LogP contribution is -2.52. The third-order valence-corrected chi connectivity index (χ3v) is 7.49. The van der Waals surface area contributed by atoms with Crippen LogP contribution >= 0.6 is 23.2 Å². The van der Waals surface area contributed by atoms with Gasteiger partial charge >= 0.3 is 12.1 Å². The molecule has 172 valence electrons. The number of fused-ring (bicyclic) bond motifs is 2. The average molecular weight is 489 g/mol. The Morgan fingerprint density at radius 3 is 2.53 bits per heavy atom. The number of likely N-dealkylation sites (tertiary alicyclic amines) is 1. The molecular weight excluding hydrogens is 468 g/mol. The largest absolute Gasteiger partial charge is 0.471 e. The van der Waals surface area contributed by atoms with Crippen molar-refractivity contribution in [1.82, 2.24) is 10.1 Å². The quantitative estimate of drug-likeness (QED) is 0.519. The van der Waals surface area contributed by atoms with Crippen LogP contribution in [0.3, 0.4) is 0 Å². The Bertz CT molecular complexity index is 1030. The summed E-state index contributed by atoms with van der Waals surface area (Å²) < 4.78 is 50.8. The number of aromatic nitrogens is 1. The topological polar surface area (TPSA) is 55.6 Å². The van der Waals surface area contributed by atoms with Gasteiger partial charge in [0.05, 0.1) is 22.8 Å². The number of benzene rings is 1. The van der Waals surface area contributed by atoms with Crippen molar-refractivity contribution in [3.8, 4) is 11.3 Å². The average Bonchev–Trinajstić information content (AvgIpc) is 3.23. The summed E-state index contributed by atoms with van der Waals surface area (Å²) in [5.74, 6) is -0.888. The first kappa shape index (κ1) is 22.0. The van der Waals surface area contributed by atoms with E-state index in [0.29, 0.717) is 34.1 Å². The molecule has 1 amide bonds. The summed E-state index contributed by atoms with van der Waals surface area (Å²) >= 11 is 12.8. The van der Waals surface area contributed by atoms with Gasteiger partial charge in [0, 0.05) is 35.0 Å². The van der Waals surface area contributed by atoms with Crippen molar-refractivity contribution in [2.45, 2.75) is 69.5 Å². The highest BCUT2D eigenvalue weighted by Gasteiger charge is 2.57. The Labute approximate surface area is 192 Å². The number of halogens is 5. The third-order valence-electron chi connectivity index (χ3n) is 6.86. The van der Waals surface area contributed by atoms with Crippen LogP contribution in [0.1, 0.15) is 49.8 Å². The molecule has 0 radical (unpaired) electrons. The highest BCUT2D eigenvalue weighted by atomic mass is 35.5. The van der Waals surface area contributed by atoms with Crippen molar-refractivity contribution in [1.29, 1.82) is 0 Å². The first-order valence-electron chi connectivity index (χ1n) is 10.6. The number of piperidine rings is 1. The molecule has 4 atom stereocenters. The van der Waals surface area contributed by atoms with Gasteiger partial charge in [0.15, 0.2) is 0 Å². The Morgan fingerprint density at radius 2 is 1.94 bits per heavy atom. The number of hydrogen-bond donors (Lipinski definition) is 0. The lowest BCUT2D eigenvalue weighted by molar-refractivity contribution is -0.191. The predicted octanol–water partition coefficient (Wildman–Crippen LogP) is 5.98. The molecule has 2 aliphatic carbocycles. The Hall–Kier alpha value is -1.77. The Morgan fingerprint density at radius 1 is 1.25 bits per heavy atom. The SMILES string of the molecule is C[C@@H]1[C@@H]2C[C@@H](C[C@H]2OCc2c(-c3c(Cl)cccc3Cl)noc2C2CC2)N1C(=O)C(F)(F)F. The number of carbonyl (C=O) groups is 1. The molecule has 1 saturated heterocycles. The molecule has 2 heterocycles. The molecule has 3 aliphatic rings. The summed E-state index contributed by atoms with van der Waals surface area (Å²) in [5.41, 5.74) is 1.89. The number of alkyl halides is 3. The minimum Gasteiger partial charge on any atom is -0.373 e. The van der Waals surface area contributed by atoms with Crippen LogP contribution in [0.4, 0.5) is 13.2 Å². The normalized spacial score (nSPS) is 27.4. The van der Waals surface area contributed by atoms with Crippen LogP contribution in [-0.2, 0) is 16.1 Å². The summed E-state index contributed by atoms with van der Waals surface area (Å²) in [5, 5.41) is 5.13. The highest BCUT2D eigenvalue weighted by molar-refractivity contribution is 6.39. The number of hydrogen-bond acceptors (Lipinski definition) is 4. The van der Waals surface area contributed by atoms with Crippen LogP contribution in [0.15, 0.2) is 22.7 Å². The van der Waals surface area contributed by atoms with E-state index in [2.05, 4.69) is 5.16 Å². The van der Waals surface area contributed by atoms with E-state index in [1.165, 1.54) is 0 Å². The minimum absolute atomic E-state index is 0.150. The molecule has 10 heteroatoms. The van der Waals surface area contributed by atoms with Crippen LogP contribution in [-0.4, -0.2) is 40.3 Å². The zero-order chi connectivity index (χ0) is 22.8. The van der Waals surface area contributed by atoms with E-state index in [-0.39, 0.29) is 24.5 Å². The van der Waals surface area contributed by atoms with E-state index in [9.17, 15) is 18.0 Å². The molecule has 1 aliphatic heterocycles. The van der Waals surface area contributed by atoms with Crippen molar-refractivity contribution < 1.29 is 27.2 Å². The maximum absolute atomic E-state index is 13.0. The summed E-state index contributed by atoms with van der Waals surface area (Å²) in [6.07, 6.45) is -2.22. The molecule has 2 aromatic rings. The van der Waals surface area contributed by atoms with Crippen LogP contribution in [0.2, 0.25) is 10.0 Å². The van der Waals surface area contributed by atoms with Crippen molar-refractivity contribution in [2.24, 2.45) is 5.92 Å². The molecule has 1 aromatic carbocycles. The van der Waals surface area contributed by atoms with Crippen molar-refractivity contribution >= 4 is 29.1 Å². The van der Waals surface area contributed by atoms with Gasteiger partial charge in [-0.05, 0) is 44.7 Å². The first-order chi connectivity index (χ1) is 15.2. The summed E-state index contributed by atoms with van der Waals surface area (Å²) in [6, 6.07) is 4.20. The second-order valence-electron chi connectivity index (χ2n) is 8.83. The zero-order valence-corrected chi connectivity index (χ0v) is 18.7. The van der Waals surface area contributed by atoms with Gasteiger partial charge in [0.1, 0.15) is 11.5 Å². The molecule has 32 heavy (non-hydrogen) atoms. The second-order valence-corrected chi connectivity index (χ2v) is 9.65. The minimum atomic E-state index is -4.86. The van der Waals surface area contributed by atoms with E-state index in [0.717, 1.165) is 29.1 Å². The third kappa shape index (κ3) is 3.70. The number of carbonyl (C=O) groups excluding carboxylic acids is 1. The second kappa shape index (κ2) is 7.92. The lowest BCUT2D eigenvalue weighted by atomic mass is 9.97. The van der Waals surface area contributed by atoms with E-state index in [1.807, 2.05) is 0 Å². The van der Waals surface area contributed by atoms with Crippen LogP contribution < -0.4 is 0 Å². The lowest BCUT2D eigenvalue weighted by Gasteiger charge is -2.37. The fraction of sp³-hybridized carbons (Fsp3) is 0.545. The number of ether oxygens (including phenoxy) is 1. The Balaban J connectivity index is 1.36. The van der Waals surface area contributed by atoms with Crippen LogP contribution in [0, 0.1) is 5.92 Å². The van der Waals surface area contributed by atoms with Gasteiger partial charge in [0.25, 0.3) is 0 Å². The fourth-order valence-electron chi connectivity index (χ4n) is 5.21. The molecular formula is C22H21Cl2F3N2O3. The highest BCUT2D eigenvalue weighted by Crippen LogP contribution is 2.48. The summed E-state index contributed by atoms with van der Waals surface area (Å²) in [6.45, 7) is 1.86. The molecule has 1 aromatic heterocycles. The molecule has 5 rings (SSSR count). The van der Waals surface area contributed by atoms with E-state index < -0.39 is 24.2 Å². The van der Waals surface area contributed by atoms with Gasteiger partial charge in [0.2, 0.25) is 0 Å². The van der Waals surface area contributed by atoms with Gasteiger partial charge < -0.3 is 14.2 Å². The van der Waals surface area contributed by atoms with Gasteiger partial charge in [-0.3, -0.25) is 4.79 Å². The van der Waals surface area contributed by atoms with Crippen molar-refractivity contribution in [2.75, 3.05) is 0 Å². The smallest absolute Gasteiger partial charge is 0.373 e. The molecule has 3 fully saturated rings.